The van der Waals surface area contributed by atoms with Gasteiger partial charge in [0.25, 0.3) is 0 Å². The summed E-state index contributed by atoms with van der Waals surface area (Å²) < 4.78 is 19.9. The van der Waals surface area contributed by atoms with Crippen molar-refractivity contribution in [2.45, 2.75) is 153 Å². The molecule has 0 fully saturated rings. The van der Waals surface area contributed by atoms with Crippen molar-refractivity contribution in [2.24, 2.45) is 0 Å². The summed E-state index contributed by atoms with van der Waals surface area (Å²) in [6.07, 6.45) is 27.0. The summed E-state index contributed by atoms with van der Waals surface area (Å²) in [5.41, 5.74) is 7.84. The molecule has 0 bridgehead atoms. The van der Waals surface area contributed by atoms with Crippen molar-refractivity contribution in [1.82, 2.24) is 27.5 Å². The maximum Gasteiger partial charge on any atom is 0.132 e. The van der Waals surface area contributed by atoms with Crippen molar-refractivity contribution in [3.8, 4) is 71.3 Å². The molecule has 1 aliphatic heterocycles. The Hall–Kier alpha value is -3.51. The molecular formula is C58H64N6S9. The minimum absolute atomic E-state index is 0.911. The van der Waals surface area contributed by atoms with Crippen molar-refractivity contribution in [3.63, 3.8) is 0 Å². The lowest BCUT2D eigenvalue weighted by Crippen LogP contribution is -2.09. The highest BCUT2D eigenvalue weighted by Gasteiger charge is 2.42. The fraction of sp³-hybridized carbons (Fsp3) is 0.414. The van der Waals surface area contributed by atoms with E-state index in [4.69, 9.17) is 27.5 Å². The van der Waals surface area contributed by atoms with E-state index >= 15 is 0 Å². The molecule has 380 valence electrons. The van der Waals surface area contributed by atoms with Crippen LogP contribution in [0.4, 0.5) is 0 Å². The lowest BCUT2D eigenvalue weighted by atomic mass is 10.1. The normalized spacial score (nSPS) is 13.5. The first-order valence-corrected chi connectivity index (χ1v) is 35.0. The number of hydrogen-bond donors (Lipinski definition) is 0. The minimum Gasteiger partial charge on any atom is -0.252 e. The first-order valence-electron chi connectivity index (χ1n) is 26.7. The first-order chi connectivity index (χ1) is 36.0. The van der Waals surface area contributed by atoms with Crippen LogP contribution in [0.15, 0.2) is 82.8 Å². The van der Waals surface area contributed by atoms with Gasteiger partial charge in [0.05, 0.1) is 43.0 Å². The third-order valence-corrected chi connectivity index (χ3v) is 27.3. The smallest absolute Gasteiger partial charge is 0.132 e. The van der Waals surface area contributed by atoms with Gasteiger partial charge in [0.15, 0.2) is 0 Å². The predicted octanol–water partition coefficient (Wildman–Crippen LogP) is 21.5. The Morgan fingerprint density at radius 2 is 0.753 bits per heavy atom. The van der Waals surface area contributed by atoms with Crippen LogP contribution in [-0.2, 0) is 12.8 Å². The topological polar surface area (TPSA) is 77.3 Å². The number of thiophene rings is 6. The average Bonchev–Trinajstić information content (AvgIpc) is 4.26. The number of rotatable bonds is 26. The molecule has 0 unspecified atom stereocenters. The largest absolute Gasteiger partial charge is 0.252 e. The van der Waals surface area contributed by atoms with Gasteiger partial charge in [0.1, 0.15) is 33.5 Å². The molecule has 0 radical (unpaired) electrons. The van der Waals surface area contributed by atoms with Crippen LogP contribution in [0.25, 0.3) is 93.4 Å². The maximum absolute atomic E-state index is 5.24. The van der Waals surface area contributed by atoms with E-state index < -0.39 is 10.0 Å². The lowest BCUT2D eigenvalue weighted by molar-refractivity contribution is 0.670. The predicted molar refractivity (Wildman–Crippen MR) is 327 cm³/mol. The summed E-state index contributed by atoms with van der Waals surface area (Å²) >= 11 is 14.1. The molecule has 11 heterocycles. The van der Waals surface area contributed by atoms with E-state index in [2.05, 4.69) is 101 Å². The van der Waals surface area contributed by atoms with Crippen molar-refractivity contribution in [3.05, 3.63) is 82.8 Å². The van der Waals surface area contributed by atoms with Gasteiger partial charge in [-0.2, -0.15) is 27.5 Å². The lowest BCUT2D eigenvalue weighted by Gasteiger charge is -2.37. The zero-order chi connectivity index (χ0) is 49.7. The second-order valence-electron chi connectivity index (χ2n) is 19.5. The molecule has 0 atom stereocenters. The van der Waals surface area contributed by atoms with E-state index in [1.165, 1.54) is 199 Å². The molecule has 73 heavy (non-hydrogen) atoms. The average molecular weight is 1130 g/mol. The highest BCUT2D eigenvalue weighted by molar-refractivity contribution is 8.34. The van der Waals surface area contributed by atoms with Crippen molar-refractivity contribution < 1.29 is 0 Å². The Kier molecular flexibility index (Phi) is 16.8. The van der Waals surface area contributed by atoms with Gasteiger partial charge in [-0.05, 0) is 111 Å². The highest BCUT2D eigenvalue weighted by Crippen LogP contribution is 2.76. The fourth-order valence-corrected chi connectivity index (χ4v) is 23.8. The fourth-order valence-electron chi connectivity index (χ4n) is 10.3. The maximum atomic E-state index is 5.24. The van der Waals surface area contributed by atoms with Crippen LogP contribution < -0.4 is 0 Å². The monoisotopic (exact) mass is 1130 g/mol. The molecule has 6 nitrogen and oxygen atoms in total. The van der Waals surface area contributed by atoms with E-state index in [9.17, 15) is 0 Å². The van der Waals surface area contributed by atoms with E-state index in [0.29, 0.717) is 0 Å². The van der Waals surface area contributed by atoms with E-state index in [-0.39, 0.29) is 0 Å². The van der Waals surface area contributed by atoms with Crippen LogP contribution in [0.2, 0.25) is 0 Å². The summed E-state index contributed by atoms with van der Waals surface area (Å²) in [6.45, 7) is 9.22. The molecule has 0 N–H and O–H groups in total. The Balaban J connectivity index is 0.928. The van der Waals surface area contributed by atoms with E-state index in [1.54, 1.807) is 9.79 Å². The van der Waals surface area contributed by atoms with Gasteiger partial charge in [0, 0.05) is 72.3 Å². The summed E-state index contributed by atoms with van der Waals surface area (Å²) in [5, 5.41) is 0. The van der Waals surface area contributed by atoms with E-state index in [1.807, 2.05) is 68.0 Å². The van der Waals surface area contributed by atoms with Gasteiger partial charge in [-0.15, -0.1) is 68.0 Å². The molecule has 10 aromatic rings. The molecule has 0 saturated heterocycles. The number of aryl methyl sites for hydroxylation is 2. The molecule has 0 aliphatic carbocycles. The molecule has 10 aromatic heterocycles. The first kappa shape index (κ1) is 51.6. The molecule has 11 rings (SSSR count). The zero-order valence-electron chi connectivity index (χ0n) is 42.4. The molecule has 0 spiro atoms. The number of hydrogen-bond acceptors (Lipinski definition) is 14. The van der Waals surface area contributed by atoms with Gasteiger partial charge in [-0.25, -0.2) is 0 Å². The molecular weight excluding hydrogens is 1070 g/mol. The van der Waals surface area contributed by atoms with Crippen LogP contribution in [0.3, 0.4) is 0 Å². The molecule has 1 aliphatic rings. The summed E-state index contributed by atoms with van der Waals surface area (Å²) in [5.74, 6) is 2.47. The Morgan fingerprint density at radius 1 is 0.370 bits per heavy atom. The van der Waals surface area contributed by atoms with Gasteiger partial charge >= 0.3 is 0 Å². The summed E-state index contributed by atoms with van der Waals surface area (Å²) in [6, 6.07) is 23.4. The number of aromatic nitrogens is 6. The number of unbranched alkanes of at least 4 members (excludes halogenated alkanes) is 12. The number of nitrogens with zero attached hydrogens (tertiary/aromatic N) is 6. The third kappa shape index (κ3) is 10.7. The summed E-state index contributed by atoms with van der Waals surface area (Å²) in [7, 11) is -1.34. The van der Waals surface area contributed by atoms with Crippen LogP contribution in [0.1, 0.15) is 140 Å². The Labute approximate surface area is 465 Å². The quantitative estimate of drug-likeness (QED) is 0.0503. The van der Waals surface area contributed by atoms with Gasteiger partial charge in [-0.1, -0.05) is 105 Å². The van der Waals surface area contributed by atoms with Crippen molar-refractivity contribution >= 4 is 124 Å². The second-order valence-corrected chi connectivity index (χ2v) is 30.6. The molecule has 0 amide bonds. The molecule has 0 aromatic carbocycles. The number of pyridine rings is 2. The summed E-state index contributed by atoms with van der Waals surface area (Å²) in [4.78, 5) is 29.6. The number of fused-ring (bicyclic) bond motifs is 5. The van der Waals surface area contributed by atoms with Crippen LogP contribution in [0, 0.1) is 0 Å². The van der Waals surface area contributed by atoms with Crippen LogP contribution in [0.5, 0.6) is 0 Å². The standard InChI is InChI=1S/C58H64N6S9/c1-5-9-13-17-21-37-23-25-41(65-37)43-27-29-45(67-43)53-55-51(61-71-63-55)39(35-59-53)47-33-49-57(69-47)58-50(73(49,31-19-15-11-7-3)32-20-16-12-8-4)34-48(70-58)40-36-60-54(56-52(40)62-72-64-56)46-30-28-44(68-46)42-26-24-38(66-42)22-18-14-10-6-2/h23-30,33-36H,5-22,31-32H2,1-4H3. The Morgan fingerprint density at radius 3 is 1.19 bits per heavy atom. The Bertz CT molecular complexity index is 3200. The van der Waals surface area contributed by atoms with E-state index in [0.717, 1.165) is 54.3 Å². The van der Waals surface area contributed by atoms with Crippen molar-refractivity contribution in [1.29, 1.82) is 0 Å². The van der Waals surface area contributed by atoms with Gasteiger partial charge in [0.2, 0.25) is 0 Å². The second kappa shape index (κ2) is 23.8. The molecule has 0 saturated carbocycles. The third-order valence-electron chi connectivity index (χ3n) is 14.3. The van der Waals surface area contributed by atoms with Crippen molar-refractivity contribution in [2.75, 3.05) is 11.5 Å². The van der Waals surface area contributed by atoms with Gasteiger partial charge in [-0.3, -0.25) is 9.97 Å². The van der Waals surface area contributed by atoms with Crippen LogP contribution >= 0.6 is 102 Å². The van der Waals surface area contributed by atoms with Crippen LogP contribution in [-0.4, -0.2) is 39.0 Å². The minimum atomic E-state index is -1.34. The SMILES string of the molecule is CCCCCCc1ccc(-c2ccc(-c3ncc(-c4cc5c(s4)-c4sc(-c6cnc(-c7ccc(-c8ccc(CCCCCC)s8)s7)c7nsnc67)cc4S5(CCCCCC)CCCCCC)c4nsnc34)s2)s1. The molecule has 15 heteroatoms. The van der Waals surface area contributed by atoms with Gasteiger partial charge < -0.3 is 0 Å². The zero-order valence-corrected chi connectivity index (χ0v) is 49.8. The highest BCUT2D eigenvalue weighted by atomic mass is 32.3.